The number of nitrogen functional groups attached to an aromatic ring is 1. The summed E-state index contributed by atoms with van der Waals surface area (Å²) >= 11 is 6.11. The molecule has 2 heterocycles. The first-order valence-corrected chi connectivity index (χ1v) is 10.3. The molecule has 2 bridgehead atoms. The van der Waals surface area contributed by atoms with Gasteiger partial charge >= 0.3 is 0 Å². The van der Waals surface area contributed by atoms with Gasteiger partial charge in [-0.25, -0.2) is 4.39 Å². The monoisotopic (exact) mass is 433 g/mol. The van der Waals surface area contributed by atoms with Crippen LogP contribution < -0.4 is 15.8 Å². The molecule has 4 rings (SSSR count). The summed E-state index contributed by atoms with van der Waals surface area (Å²) in [5, 5.41) is 3.45. The molecule has 8 heteroatoms. The molecule has 0 radical (unpaired) electrons. The molecule has 2 aromatic rings. The molecule has 0 spiro atoms. The van der Waals surface area contributed by atoms with Crippen molar-refractivity contribution in [1.82, 2.24) is 10.2 Å². The van der Waals surface area contributed by atoms with Gasteiger partial charge in [0.15, 0.2) is 0 Å². The van der Waals surface area contributed by atoms with Gasteiger partial charge in [-0.15, -0.1) is 0 Å². The maximum absolute atomic E-state index is 13.2. The molecule has 30 heavy (non-hydrogen) atoms. The van der Waals surface area contributed by atoms with Crippen molar-refractivity contribution in [3.05, 3.63) is 58.4 Å². The number of hydrogen-bond donors (Lipinski definition) is 2. The lowest BCUT2D eigenvalue weighted by Gasteiger charge is -2.48. The fourth-order valence-electron chi connectivity index (χ4n) is 4.34. The van der Waals surface area contributed by atoms with Crippen LogP contribution in [0.1, 0.15) is 28.8 Å². The summed E-state index contributed by atoms with van der Waals surface area (Å²) < 4.78 is 24.3. The number of methoxy groups -OCH3 is 1. The first-order chi connectivity index (χ1) is 14.4. The lowest BCUT2D eigenvalue weighted by molar-refractivity contribution is -0.0843. The van der Waals surface area contributed by atoms with E-state index in [1.807, 2.05) is 12.1 Å². The number of nitrogens with zero attached hydrogens (tertiary/aromatic N) is 1. The number of morpholine rings is 1. The molecule has 0 aliphatic carbocycles. The van der Waals surface area contributed by atoms with E-state index in [0.717, 1.165) is 24.9 Å². The third kappa shape index (κ3) is 4.38. The summed E-state index contributed by atoms with van der Waals surface area (Å²) in [6.07, 6.45) is 1.54. The molecule has 6 nitrogen and oxygen atoms in total. The van der Waals surface area contributed by atoms with E-state index in [1.165, 1.54) is 19.2 Å². The molecule has 2 fully saturated rings. The Hall–Kier alpha value is -2.35. The third-order valence-electron chi connectivity index (χ3n) is 5.85. The lowest BCUT2D eigenvalue weighted by atomic mass is 9.89. The molecule has 160 valence electrons. The second-order valence-electron chi connectivity index (χ2n) is 7.86. The molecular weight excluding hydrogens is 409 g/mol. The summed E-state index contributed by atoms with van der Waals surface area (Å²) in [6.45, 7) is 1.96. The van der Waals surface area contributed by atoms with E-state index in [-0.39, 0.29) is 29.8 Å². The van der Waals surface area contributed by atoms with Crippen molar-refractivity contribution in [2.75, 3.05) is 26.1 Å². The fraction of sp³-hybridized carbons (Fsp3) is 0.409. The van der Waals surface area contributed by atoms with E-state index in [2.05, 4.69) is 10.2 Å². The van der Waals surface area contributed by atoms with Gasteiger partial charge in [-0.2, -0.15) is 0 Å². The molecule has 2 aliphatic heterocycles. The molecule has 3 N–H and O–H groups in total. The smallest absolute Gasteiger partial charge is 0.255 e. The topological polar surface area (TPSA) is 76.8 Å². The van der Waals surface area contributed by atoms with Crippen LogP contribution in [-0.4, -0.2) is 49.3 Å². The van der Waals surface area contributed by atoms with Crippen LogP contribution in [0.25, 0.3) is 0 Å². The van der Waals surface area contributed by atoms with Gasteiger partial charge < -0.3 is 20.5 Å². The lowest BCUT2D eigenvalue weighted by Crippen LogP contribution is -2.60. The van der Waals surface area contributed by atoms with Crippen LogP contribution in [0.4, 0.5) is 10.1 Å². The van der Waals surface area contributed by atoms with Crippen molar-refractivity contribution in [2.45, 2.75) is 37.5 Å². The van der Waals surface area contributed by atoms with E-state index in [4.69, 9.17) is 26.8 Å². The summed E-state index contributed by atoms with van der Waals surface area (Å²) in [4.78, 5) is 15.3. The number of rotatable bonds is 5. The Bertz CT molecular complexity index is 911. The Kier molecular flexibility index (Phi) is 6.13. The van der Waals surface area contributed by atoms with E-state index in [9.17, 15) is 9.18 Å². The summed E-state index contributed by atoms with van der Waals surface area (Å²) in [7, 11) is 1.50. The van der Waals surface area contributed by atoms with Crippen molar-refractivity contribution in [1.29, 1.82) is 0 Å². The Morgan fingerprint density at radius 2 is 1.93 bits per heavy atom. The van der Waals surface area contributed by atoms with Gasteiger partial charge in [0.2, 0.25) is 0 Å². The number of carbonyl (C=O) groups excluding carboxylic acids is 1. The standard InChI is InChI=1S/C22H25ClFN3O3/c1-29-21-9-20(25)19(23)8-18(21)22(28)26-15-6-16-11-30-12-17(7-15)27(16)10-13-2-4-14(24)5-3-13/h2-5,8-9,15-17H,6-7,10-12,25H2,1H3,(H,26,28)/t15-,16-,17+. The number of piperidine rings is 1. The Morgan fingerprint density at radius 3 is 2.57 bits per heavy atom. The van der Waals surface area contributed by atoms with E-state index in [1.54, 1.807) is 12.1 Å². The molecule has 3 atom stereocenters. The van der Waals surface area contributed by atoms with Crippen molar-refractivity contribution < 1.29 is 18.7 Å². The minimum absolute atomic E-state index is 0.0157. The summed E-state index contributed by atoms with van der Waals surface area (Å²) in [6, 6.07) is 10.1. The fourth-order valence-corrected chi connectivity index (χ4v) is 4.51. The molecule has 0 aromatic heterocycles. The number of amides is 1. The molecular formula is C22H25ClFN3O3. The number of halogens is 2. The Morgan fingerprint density at radius 1 is 1.27 bits per heavy atom. The Labute approximate surface area is 180 Å². The zero-order valence-corrected chi connectivity index (χ0v) is 17.5. The van der Waals surface area contributed by atoms with Gasteiger partial charge in [0.05, 0.1) is 36.6 Å². The normalized spacial score (nSPS) is 23.8. The number of anilines is 1. The van der Waals surface area contributed by atoms with Gasteiger partial charge in [-0.1, -0.05) is 23.7 Å². The van der Waals surface area contributed by atoms with Gasteiger partial charge in [-0.3, -0.25) is 9.69 Å². The molecule has 2 saturated heterocycles. The van der Waals surface area contributed by atoms with Crippen LogP contribution >= 0.6 is 11.6 Å². The number of nitrogens with two attached hydrogens (primary N) is 1. The second-order valence-corrected chi connectivity index (χ2v) is 8.27. The predicted molar refractivity (Wildman–Crippen MR) is 113 cm³/mol. The number of carbonyl (C=O) groups is 1. The highest BCUT2D eigenvalue weighted by molar-refractivity contribution is 6.33. The van der Waals surface area contributed by atoms with Gasteiger partial charge in [0.25, 0.3) is 5.91 Å². The summed E-state index contributed by atoms with van der Waals surface area (Å²) in [5.74, 6) is -0.0710. The number of ether oxygens (including phenoxy) is 2. The summed E-state index contributed by atoms with van der Waals surface area (Å²) in [5.41, 5.74) is 7.62. The van der Waals surface area contributed by atoms with Crippen LogP contribution in [0.2, 0.25) is 5.02 Å². The van der Waals surface area contributed by atoms with Crippen LogP contribution in [0.15, 0.2) is 36.4 Å². The maximum Gasteiger partial charge on any atom is 0.255 e. The molecule has 2 aliphatic rings. The first-order valence-electron chi connectivity index (χ1n) is 9.96. The van der Waals surface area contributed by atoms with Crippen LogP contribution in [0.5, 0.6) is 5.75 Å². The number of fused-ring (bicyclic) bond motifs is 2. The van der Waals surface area contributed by atoms with Gasteiger partial charge in [0, 0.05) is 30.7 Å². The largest absolute Gasteiger partial charge is 0.496 e. The zero-order valence-electron chi connectivity index (χ0n) is 16.7. The molecule has 0 saturated carbocycles. The highest BCUT2D eigenvalue weighted by atomic mass is 35.5. The predicted octanol–water partition coefficient (Wildman–Crippen LogP) is 3.23. The first kappa shape index (κ1) is 20.9. The molecule has 0 unspecified atom stereocenters. The van der Waals surface area contributed by atoms with E-state index >= 15 is 0 Å². The maximum atomic E-state index is 13.2. The van der Waals surface area contributed by atoms with Crippen molar-refractivity contribution >= 4 is 23.2 Å². The van der Waals surface area contributed by atoms with Crippen molar-refractivity contribution in [3.8, 4) is 5.75 Å². The second kappa shape index (κ2) is 8.79. The average Bonchev–Trinajstić information content (AvgIpc) is 2.71. The highest BCUT2D eigenvalue weighted by Gasteiger charge is 2.39. The quantitative estimate of drug-likeness (QED) is 0.708. The molecule has 2 aromatic carbocycles. The highest BCUT2D eigenvalue weighted by Crippen LogP contribution is 2.32. The molecule has 1 amide bonds. The Balaban J connectivity index is 1.45. The van der Waals surface area contributed by atoms with Crippen molar-refractivity contribution in [3.63, 3.8) is 0 Å². The SMILES string of the molecule is COc1cc(N)c(Cl)cc1C(=O)N[C@H]1C[C@H]2COC[C@@H](C1)N2Cc1ccc(F)cc1. The van der Waals surface area contributed by atoms with Gasteiger partial charge in [-0.05, 0) is 36.6 Å². The van der Waals surface area contributed by atoms with Crippen LogP contribution in [0, 0.1) is 5.82 Å². The average molecular weight is 434 g/mol. The number of hydrogen-bond acceptors (Lipinski definition) is 5. The van der Waals surface area contributed by atoms with Gasteiger partial charge in [0.1, 0.15) is 11.6 Å². The number of nitrogens with one attached hydrogen (secondary N) is 1. The third-order valence-corrected chi connectivity index (χ3v) is 6.18. The van der Waals surface area contributed by atoms with Crippen LogP contribution in [0.3, 0.4) is 0 Å². The number of benzene rings is 2. The van der Waals surface area contributed by atoms with E-state index < -0.39 is 0 Å². The minimum atomic E-state index is -0.234. The van der Waals surface area contributed by atoms with E-state index in [0.29, 0.717) is 35.2 Å². The van der Waals surface area contributed by atoms with Crippen molar-refractivity contribution in [2.24, 2.45) is 0 Å². The minimum Gasteiger partial charge on any atom is -0.496 e. The van der Waals surface area contributed by atoms with Crippen LogP contribution in [-0.2, 0) is 11.3 Å². The zero-order chi connectivity index (χ0) is 21.3.